The molecule has 1 rings (SSSR count). The maximum atomic E-state index is 11.5. The van der Waals surface area contributed by atoms with E-state index >= 15 is 0 Å². The molecule has 0 aliphatic heterocycles. The first-order valence-corrected chi connectivity index (χ1v) is 6.35. The van der Waals surface area contributed by atoms with Gasteiger partial charge in [-0.25, -0.2) is 0 Å². The molecule has 0 saturated heterocycles. The molecule has 110 valence electrons. The number of hydrogen-bond acceptors (Lipinski definition) is 5. The zero-order valence-electron chi connectivity index (χ0n) is 11.2. The van der Waals surface area contributed by atoms with Crippen LogP contribution in [-0.2, 0) is 4.79 Å². The van der Waals surface area contributed by atoms with Crippen molar-refractivity contribution in [2.24, 2.45) is 0 Å². The van der Waals surface area contributed by atoms with Crippen molar-refractivity contribution in [3.8, 4) is 5.75 Å². The number of carbonyl (C=O) groups is 1. The largest absolute Gasteiger partial charge is 0.477 e. The second-order valence-electron chi connectivity index (χ2n) is 4.26. The maximum absolute atomic E-state index is 11.5. The molecule has 7 heteroatoms. The molecule has 1 amide bonds. The van der Waals surface area contributed by atoms with Crippen molar-refractivity contribution in [3.63, 3.8) is 0 Å². The molecule has 1 atom stereocenters. The summed E-state index contributed by atoms with van der Waals surface area (Å²) in [4.78, 5) is 21.7. The van der Waals surface area contributed by atoms with E-state index in [4.69, 9.17) is 4.74 Å². The van der Waals surface area contributed by atoms with E-state index in [0.29, 0.717) is 6.42 Å². The monoisotopic (exact) mass is 282 g/mol. The fourth-order valence-corrected chi connectivity index (χ4v) is 1.59. The van der Waals surface area contributed by atoms with Crippen molar-refractivity contribution in [1.82, 2.24) is 5.32 Å². The SMILES string of the molecule is CCCC(O)CNC(=O)COc1ccccc1[N+](=O)[O-]. The minimum absolute atomic E-state index is 0.0433. The molecule has 0 radical (unpaired) electrons. The van der Waals surface area contributed by atoms with Gasteiger partial charge in [-0.05, 0) is 12.5 Å². The van der Waals surface area contributed by atoms with E-state index in [0.717, 1.165) is 6.42 Å². The summed E-state index contributed by atoms with van der Waals surface area (Å²) in [5.41, 5.74) is -0.189. The number of para-hydroxylation sites is 2. The molecule has 0 fully saturated rings. The van der Waals surface area contributed by atoms with Crippen LogP contribution in [0.25, 0.3) is 0 Å². The van der Waals surface area contributed by atoms with Crippen LogP contribution in [0.4, 0.5) is 5.69 Å². The van der Waals surface area contributed by atoms with Crippen LogP contribution in [0, 0.1) is 10.1 Å². The summed E-state index contributed by atoms with van der Waals surface area (Å²) in [5.74, 6) is -0.389. The smallest absolute Gasteiger partial charge is 0.310 e. The van der Waals surface area contributed by atoms with Crippen LogP contribution in [0.1, 0.15) is 19.8 Å². The van der Waals surface area contributed by atoms with Crippen molar-refractivity contribution in [2.75, 3.05) is 13.2 Å². The van der Waals surface area contributed by atoms with Gasteiger partial charge in [0.15, 0.2) is 12.4 Å². The normalized spacial score (nSPS) is 11.7. The van der Waals surface area contributed by atoms with E-state index in [1.54, 1.807) is 6.07 Å². The highest BCUT2D eigenvalue weighted by Gasteiger charge is 2.15. The highest BCUT2D eigenvalue weighted by Crippen LogP contribution is 2.25. The van der Waals surface area contributed by atoms with Crippen LogP contribution in [0.15, 0.2) is 24.3 Å². The zero-order valence-corrected chi connectivity index (χ0v) is 11.2. The number of carbonyl (C=O) groups excluding carboxylic acids is 1. The Morgan fingerprint density at radius 3 is 2.85 bits per heavy atom. The summed E-state index contributed by atoms with van der Waals surface area (Å²) in [7, 11) is 0. The highest BCUT2D eigenvalue weighted by molar-refractivity contribution is 5.77. The van der Waals surface area contributed by atoms with E-state index < -0.39 is 16.9 Å². The molecule has 0 aliphatic carbocycles. The number of nitrogens with one attached hydrogen (secondary N) is 1. The fraction of sp³-hybridized carbons (Fsp3) is 0.462. The Hall–Kier alpha value is -2.15. The molecule has 20 heavy (non-hydrogen) atoms. The number of nitro benzene ring substituents is 1. The molecule has 0 saturated carbocycles. The van der Waals surface area contributed by atoms with Crippen LogP contribution >= 0.6 is 0 Å². The number of rotatable bonds is 8. The average molecular weight is 282 g/mol. The maximum Gasteiger partial charge on any atom is 0.310 e. The fourth-order valence-electron chi connectivity index (χ4n) is 1.59. The lowest BCUT2D eigenvalue weighted by Gasteiger charge is -2.11. The first-order chi connectivity index (χ1) is 9.54. The number of amides is 1. The molecule has 0 spiro atoms. The summed E-state index contributed by atoms with van der Waals surface area (Å²) in [6, 6.07) is 5.84. The van der Waals surface area contributed by atoms with Crippen LogP contribution in [0.3, 0.4) is 0 Å². The topological polar surface area (TPSA) is 102 Å². The third-order valence-electron chi connectivity index (χ3n) is 2.58. The Balaban J connectivity index is 2.43. The quantitative estimate of drug-likeness (QED) is 0.552. The van der Waals surface area contributed by atoms with Crippen molar-refractivity contribution < 1.29 is 19.6 Å². The highest BCUT2D eigenvalue weighted by atomic mass is 16.6. The number of hydrogen-bond donors (Lipinski definition) is 2. The van der Waals surface area contributed by atoms with Crippen molar-refractivity contribution in [2.45, 2.75) is 25.9 Å². The lowest BCUT2D eigenvalue weighted by atomic mass is 10.2. The van der Waals surface area contributed by atoms with Gasteiger partial charge in [0, 0.05) is 12.6 Å². The minimum Gasteiger partial charge on any atom is -0.477 e. The molecule has 0 heterocycles. The Labute approximate surface area is 116 Å². The van der Waals surface area contributed by atoms with E-state index in [9.17, 15) is 20.0 Å². The summed E-state index contributed by atoms with van der Waals surface area (Å²) < 4.78 is 5.12. The van der Waals surface area contributed by atoms with E-state index in [1.807, 2.05) is 6.92 Å². The number of nitro groups is 1. The molecular weight excluding hydrogens is 264 g/mol. The summed E-state index contributed by atoms with van der Waals surface area (Å²) in [6.07, 6.45) is 0.838. The van der Waals surface area contributed by atoms with Gasteiger partial charge in [-0.15, -0.1) is 0 Å². The number of nitrogens with zero attached hydrogens (tertiary/aromatic N) is 1. The van der Waals surface area contributed by atoms with Gasteiger partial charge >= 0.3 is 5.69 Å². The van der Waals surface area contributed by atoms with E-state index in [-0.39, 0.29) is 24.6 Å². The van der Waals surface area contributed by atoms with Gasteiger partial charge in [0.05, 0.1) is 11.0 Å². The number of ether oxygens (including phenoxy) is 1. The third kappa shape index (κ3) is 5.23. The number of aliphatic hydroxyl groups excluding tert-OH is 1. The standard InChI is InChI=1S/C13H18N2O5/c1-2-5-10(16)8-14-13(17)9-20-12-7-4-3-6-11(12)15(18)19/h3-4,6-7,10,16H,2,5,8-9H2,1H3,(H,14,17). The molecule has 2 N–H and O–H groups in total. The van der Waals surface area contributed by atoms with Gasteiger partial charge in [-0.1, -0.05) is 25.5 Å². The Morgan fingerprint density at radius 1 is 1.50 bits per heavy atom. The molecule has 7 nitrogen and oxygen atoms in total. The van der Waals surface area contributed by atoms with Crippen LogP contribution < -0.4 is 10.1 Å². The molecular formula is C13H18N2O5. The van der Waals surface area contributed by atoms with Gasteiger partial charge in [0.25, 0.3) is 5.91 Å². The first-order valence-electron chi connectivity index (χ1n) is 6.35. The predicted molar refractivity (Wildman–Crippen MR) is 72.5 cm³/mol. The lowest BCUT2D eigenvalue weighted by Crippen LogP contribution is -2.35. The molecule has 1 aromatic rings. The minimum atomic E-state index is -0.588. The predicted octanol–water partition coefficient (Wildman–Crippen LogP) is 1.25. The van der Waals surface area contributed by atoms with Crippen LogP contribution in [0.2, 0.25) is 0 Å². The first kappa shape index (κ1) is 15.9. The molecule has 0 bridgehead atoms. The summed E-state index contributed by atoms with van der Waals surface area (Å²) in [6.45, 7) is 1.75. The third-order valence-corrected chi connectivity index (χ3v) is 2.58. The van der Waals surface area contributed by atoms with Gasteiger partial charge in [-0.3, -0.25) is 14.9 Å². The van der Waals surface area contributed by atoms with Gasteiger partial charge in [0.1, 0.15) is 0 Å². The zero-order chi connectivity index (χ0) is 15.0. The Bertz CT molecular complexity index is 464. The van der Waals surface area contributed by atoms with E-state index in [1.165, 1.54) is 18.2 Å². The summed E-state index contributed by atoms with van der Waals surface area (Å²) >= 11 is 0. The second kappa shape index (κ2) is 8.11. The van der Waals surface area contributed by atoms with Gasteiger partial charge in [0.2, 0.25) is 0 Å². The van der Waals surface area contributed by atoms with Crippen LogP contribution in [-0.4, -0.2) is 35.2 Å². The molecule has 1 aromatic carbocycles. The molecule has 1 unspecified atom stereocenters. The average Bonchev–Trinajstić information content (AvgIpc) is 2.43. The number of aliphatic hydroxyl groups is 1. The lowest BCUT2D eigenvalue weighted by molar-refractivity contribution is -0.385. The second-order valence-corrected chi connectivity index (χ2v) is 4.26. The Morgan fingerprint density at radius 2 is 2.20 bits per heavy atom. The van der Waals surface area contributed by atoms with Crippen molar-refractivity contribution >= 4 is 11.6 Å². The van der Waals surface area contributed by atoms with Gasteiger partial charge < -0.3 is 15.2 Å². The van der Waals surface area contributed by atoms with Crippen LogP contribution in [0.5, 0.6) is 5.75 Å². The molecule has 0 aromatic heterocycles. The molecule has 0 aliphatic rings. The summed E-state index contributed by atoms with van der Waals surface area (Å²) in [5, 5.41) is 22.7. The van der Waals surface area contributed by atoms with E-state index in [2.05, 4.69) is 5.32 Å². The van der Waals surface area contributed by atoms with Gasteiger partial charge in [-0.2, -0.15) is 0 Å². The number of benzene rings is 1. The van der Waals surface area contributed by atoms with Crippen molar-refractivity contribution in [3.05, 3.63) is 34.4 Å². The Kier molecular flexibility index (Phi) is 6.45. The van der Waals surface area contributed by atoms with Crippen molar-refractivity contribution in [1.29, 1.82) is 0 Å².